The Bertz CT molecular complexity index is 1310. The number of rotatable bonds is 16. The van der Waals surface area contributed by atoms with Crippen molar-refractivity contribution in [1.29, 1.82) is 0 Å². The zero-order chi connectivity index (χ0) is 35.1. The Morgan fingerprint density at radius 2 is 0.432 bits per heavy atom. The summed E-state index contributed by atoms with van der Waals surface area (Å²) in [4.78, 5) is 129. The van der Waals surface area contributed by atoms with Crippen molar-refractivity contribution in [2.75, 3.05) is 0 Å². The molecule has 0 radical (unpaired) electrons. The monoisotopic (exact) mass is 820 g/mol. The fourth-order valence-electron chi connectivity index (χ4n) is 3.09. The zero-order valence-electron chi connectivity index (χ0n) is 19.8. The van der Waals surface area contributed by atoms with Crippen LogP contribution in [-0.2, 0) is 72.3 Å². The van der Waals surface area contributed by atoms with Crippen LogP contribution in [0.3, 0.4) is 0 Å². The van der Waals surface area contributed by atoms with Crippen LogP contribution in [0.2, 0.25) is 0 Å². The topological polar surface area (TPSA) is 494 Å². The van der Waals surface area contributed by atoms with Crippen molar-refractivity contribution in [3.63, 3.8) is 0 Å². The van der Waals surface area contributed by atoms with Gasteiger partial charge in [-0.1, -0.05) is 0 Å². The molecule has 0 heterocycles. The molecule has 0 aromatic rings. The Morgan fingerprint density at radius 3 is 0.568 bits per heavy atom. The second-order valence-electron chi connectivity index (χ2n) is 7.46. The molecule has 14 N–H and O–H groups in total. The van der Waals surface area contributed by atoms with E-state index < -0.39 is 99.2 Å². The fourth-order valence-corrected chi connectivity index (χ4v) is 8.87. The molecule has 0 aliphatic heterocycles. The predicted octanol–water partition coefficient (Wildman–Crippen LogP) is -2.90. The SMILES string of the molecule is O=P(O)(O)OC1C(OP(=O)(O)O)C(OP(=O)(O)OP(=O)(O)O)C(OP(=O)(O)O)C(OP(=O)(O)OP(=O)(O)O)C1OP(=O)(O)O. The number of hydrogen-bond acceptors (Lipinski definition) is 16. The summed E-state index contributed by atoms with van der Waals surface area (Å²) in [7, 11) is -50.6. The van der Waals surface area contributed by atoms with E-state index in [2.05, 4.69) is 35.8 Å². The normalized spacial score (nSPS) is 29.1. The lowest BCUT2D eigenvalue weighted by molar-refractivity contribution is -0.201. The van der Waals surface area contributed by atoms with Gasteiger partial charge in [0.05, 0.1) is 0 Å². The van der Waals surface area contributed by atoms with Crippen LogP contribution < -0.4 is 0 Å². The first-order valence-electron chi connectivity index (χ1n) is 9.50. The Kier molecular flexibility index (Phi) is 14.1. The van der Waals surface area contributed by atoms with E-state index in [1.54, 1.807) is 0 Å². The molecular formula is C6H20O30P8. The maximum Gasteiger partial charge on any atom is 0.481 e. The van der Waals surface area contributed by atoms with Gasteiger partial charge < -0.3 is 68.5 Å². The molecule has 0 bridgehead atoms. The molecule has 0 spiro atoms. The first-order chi connectivity index (χ1) is 19.0. The van der Waals surface area contributed by atoms with Gasteiger partial charge in [-0.25, -0.2) is 36.5 Å². The fraction of sp³-hybridized carbons (Fsp3) is 1.00. The van der Waals surface area contributed by atoms with Gasteiger partial charge >= 0.3 is 62.6 Å². The van der Waals surface area contributed by atoms with Gasteiger partial charge in [0.1, 0.15) is 36.6 Å². The highest BCUT2D eigenvalue weighted by Gasteiger charge is 2.63. The number of hydrogen-bond donors (Lipinski definition) is 14. The van der Waals surface area contributed by atoms with Crippen LogP contribution in [0.25, 0.3) is 0 Å². The minimum absolute atomic E-state index is 3.36. The van der Waals surface area contributed by atoms with Crippen molar-refractivity contribution in [1.82, 2.24) is 0 Å². The van der Waals surface area contributed by atoms with Crippen LogP contribution in [0, 0.1) is 0 Å². The summed E-state index contributed by atoms with van der Waals surface area (Å²) < 4.78 is 125. The van der Waals surface area contributed by atoms with Gasteiger partial charge in [0.15, 0.2) is 0 Å². The quantitative estimate of drug-likeness (QED) is 0.0694. The smallest absolute Gasteiger partial charge is 0.303 e. The molecule has 6 atom stereocenters. The van der Waals surface area contributed by atoms with Crippen LogP contribution >= 0.6 is 62.6 Å². The first kappa shape index (κ1) is 43.0. The lowest BCUT2D eigenvalue weighted by Gasteiger charge is -2.48. The minimum atomic E-state index is -6.55. The summed E-state index contributed by atoms with van der Waals surface area (Å²) in [5.41, 5.74) is 0. The van der Waals surface area contributed by atoms with Gasteiger partial charge in [0, 0.05) is 0 Å². The van der Waals surface area contributed by atoms with Gasteiger partial charge in [-0.3, -0.25) is 27.1 Å². The second kappa shape index (κ2) is 14.4. The van der Waals surface area contributed by atoms with E-state index in [0.717, 1.165) is 0 Å². The number of phosphoric acid groups is 8. The highest BCUT2D eigenvalue weighted by molar-refractivity contribution is 7.61. The summed E-state index contributed by atoms with van der Waals surface area (Å²) in [6.07, 6.45) is -21.0. The van der Waals surface area contributed by atoms with Crippen molar-refractivity contribution in [3.05, 3.63) is 0 Å². The van der Waals surface area contributed by atoms with E-state index in [1.165, 1.54) is 0 Å². The summed E-state index contributed by atoms with van der Waals surface area (Å²) in [6.45, 7) is 0. The van der Waals surface area contributed by atoms with Crippen molar-refractivity contribution in [3.8, 4) is 0 Å². The average Bonchev–Trinajstić information content (AvgIpc) is 2.62. The van der Waals surface area contributed by atoms with Gasteiger partial charge in [-0.15, -0.1) is 0 Å². The third-order valence-corrected chi connectivity index (χ3v) is 10.4. The van der Waals surface area contributed by atoms with Crippen molar-refractivity contribution < 1.29 is 141 Å². The molecule has 1 aliphatic rings. The molecule has 0 amide bonds. The van der Waals surface area contributed by atoms with Gasteiger partial charge in [0.2, 0.25) is 0 Å². The van der Waals surface area contributed by atoms with Gasteiger partial charge in [0.25, 0.3) is 0 Å². The molecule has 1 rings (SSSR count). The molecule has 0 aromatic carbocycles. The molecule has 0 aromatic heterocycles. The Hall–Kier alpha value is 0.960. The van der Waals surface area contributed by atoms with Crippen molar-refractivity contribution in [2.24, 2.45) is 0 Å². The lowest BCUT2D eigenvalue weighted by atomic mass is 9.85. The molecule has 6 unspecified atom stereocenters. The van der Waals surface area contributed by atoms with Crippen LogP contribution in [-0.4, -0.2) is 105 Å². The summed E-state index contributed by atoms with van der Waals surface area (Å²) in [6, 6.07) is 0. The summed E-state index contributed by atoms with van der Waals surface area (Å²) >= 11 is 0. The van der Waals surface area contributed by atoms with Crippen LogP contribution in [0.15, 0.2) is 0 Å². The maximum absolute atomic E-state index is 12.3. The van der Waals surface area contributed by atoms with Gasteiger partial charge in [-0.2, -0.15) is 8.62 Å². The zero-order valence-corrected chi connectivity index (χ0v) is 27.0. The third kappa shape index (κ3) is 16.9. The van der Waals surface area contributed by atoms with Gasteiger partial charge in [-0.05, 0) is 0 Å². The van der Waals surface area contributed by atoms with Crippen molar-refractivity contribution in [2.45, 2.75) is 36.6 Å². The highest BCUT2D eigenvalue weighted by Crippen LogP contribution is 2.64. The molecule has 1 fully saturated rings. The standard InChI is InChI=1S/C6H20O30P8/c7-37(8,9)29-1-2(30-38(10,11)12)5(33-43(25,26)35-41(19,20)21)4(32-40(16,17)18)6(3(1)31-39(13,14)15)34-44(27,28)36-42(22,23)24/h1-6H,(H,25,26)(H,27,28)(H2,7,8,9)(H2,10,11,12)(H2,13,14,15)(H2,16,17,18)(H2,19,20,21)(H2,22,23,24). The lowest BCUT2D eigenvalue weighted by Crippen LogP contribution is -2.66. The molecule has 1 aliphatic carbocycles. The molecule has 38 heteroatoms. The molecule has 264 valence electrons. The molecular weight excluding hydrogens is 800 g/mol. The van der Waals surface area contributed by atoms with E-state index in [1.807, 2.05) is 0 Å². The first-order valence-corrected chi connectivity index (χ1v) is 21.7. The maximum atomic E-state index is 12.3. The van der Waals surface area contributed by atoms with Crippen LogP contribution in [0.4, 0.5) is 0 Å². The highest BCUT2D eigenvalue weighted by atomic mass is 31.3. The summed E-state index contributed by atoms with van der Waals surface area (Å²) in [5, 5.41) is 0. The Balaban J connectivity index is 4.23. The van der Waals surface area contributed by atoms with Crippen LogP contribution in [0.5, 0.6) is 0 Å². The van der Waals surface area contributed by atoms with Crippen molar-refractivity contribution >= 4 is 62.6 Å². The van der Waals surface area contributed by atoms with E-state index in [9.17, 15) is 85.5 Å². The summed E-state index contributed by atoms with van der Waals surface area (Å²) in [5.74, 6) is 0. The number of phosphoric ester groups is 6. The molecule has 0 saturated heterocycles. The molecule has 44 heavy (non-hydrogen) atoms. The predicted molar refractivity (Wildman–Crippen MR) is 123 cm³/mol. The van der Waals surface area contributed by atoms with E-state index in [-0.39, 0.29) is 0 Å². The van der Waals surface area contributed by atoms with E-state index in [4.69, 9.17) is 19.6 Å². The molecule has 30 nitrogen and oxygen atoms in total. The molecule has 1 saturated carbocycles. The minimum Gasteiger partial charge on any atom is -0.303 e. The Morgan fingerprint density at radius 1 is 0.273 bits per heavy atom. The Labute approximate surface area is 240 Å². The second-order valence-corrected chi connectivity index (χ2v) is 17.8. The van der Waals surface area contributed by atoms with E-state index >= 15 is 0 Å². The average molecular weight is 820 g/mol. The third-order valence-electron chi connectivity index (χ3n) is 3.91. The van der Waals surface area contributed by atoms with Crippen LogP contribution in [0.1, 0.15) is 0 Å². The van der Waals surface area contributed by atoms with E-state index in [0.29, 0.717) is 0 Å². The largest absolute Gasteiger partial charge is 0.481 e.